The number of benzene rings is 1. The summed E-state index contributed by atoms with van der Waals surface area (Å²) in [5.74, 6) is -0.399. The normalized spacial score (nSPS) is 16.5. The molecule has 1 aliphatic rings. The molecule has 0 heterocycles. The van der Waals surface area contributed by atoms with Gasteiger partial charge < -0.3 is 5.32 Å². The van der Waals surface area contributed by atoms with Crippen LogP contribution >= 0.6 is 0 Å². The van der Waals surface area contributed by atoms with Gasteiger partial charge in [0.2, 0.25) is 5.91 Å². The first-order valence-corrected chi connectivity index (χ1v) is 8.12. The predicted molar refractivity (Wildman–Crippen MR) is 73.9 cm³/mol. The summed E-state index contributed by atoms with van der Waals surface area (Å²) in [5.41, 5.74) is -0.838. The Balaban J connectivity index is 1.91. The number of halogens is 3. The molecule has 1 aromatic rings. The second-order valence-electron chi connectivity index (χ2n) is 5.13. The molecule has 0 radical (unpaired) electrons. The van der Waals surface area contributed by atoms with Crippen LogP contribution in [0.25, 0.3) is 0 Å². The fraction of sp³-hybridized carbons (Fsp3) is 0.500. The van der Waals surface area contributed by atoms with Crippen LogP contribution in [0.4, 0.5) is 13.2 Å². The van der Waals surface area contributed by atoms with E-state index in [1.54, 1.807) is 0 Å². The van der Waals surface area contributed by atoms with Crippen LogP contribution in [0.3, 0.4) is 0 Å². The minimum atomic E-state index is -4.48. The van der Waals surface area contributed by atoms with Crippen LogP contribution in [-0.4, -0.2) is 22.4 Å². The Hall–Kier alpha value is -1.37. The molecule has 0 saturated heterocycles. The van der Waals surface area contributed by atoms with Crippen molar-refractivity contribution in [1.29, 1.82) is 0 Å². The minimum Gasteiger partial charge on any atom is -0.355 e. The molecular formula is C14H16F3NO2S. The topological polar surface area (TPSA) is 46.2 Å². The van der Waals surface area contributed by atoms with Gasteiger partial charge in [0.05, 0.1) is 5.56 Å². The summed E-state index contributed by atoms with van der Waals surface area (Å²) in [4.78, 5) is 11.5. The van der Waals surface area contributed by atoms with Gasteiger partial charge in [0.1, 0.15) is 5.75 Å². The molecule has 116 valence electrons. The van der Waals surface area contributed by atoms with E-state index in [4.69, 9.17) is 0 Å². The average Bonchev–Trinajstić information content (AvgIpc) is 3.19. The van der Waals surface area contributed by atoms with E-state index in [2.05, 4.69) is 5.32 Å². The number of alkyl halides is 3. The Morgan fingerprint density at radius 1 is 1.29 bits per heavy atom. The van der Waals surface area contributed by atoms with Gasteiger partial charge in [-0.05, 0) is 30.4 Å². The fourth-order valence-corrected chi connectivity index (χ4v) is 3.02. The van der Waals surface area contributed by atoms with E-state index in [1.165, 1.54) is 18.2 Å². The van der Waals surface area contributed by atoms with Gasteiger partial charge in [-0.25, -0.2) is 0 Å². The molecule has 0 bridgehead atoms. The monoisotopic (exact) mass is 319 g/mol. The molecule has 21 heavy (non-hydrogen) atoms. The summed E-state index contributed by atoms with van der Waals surface area (Å²) in [7, 11) is -1.65. The molecule has 1 atom stereocenters. The van der Waals surface area contributed by atoms with E-state index in [0.29, 0.717) is 12.5 Å². The van der Waals surface area contributed by atoms with Crippen molar-refractivity contribution in [2.24, 2.45) is 5.92 Å². The number of amides is 1. The van der Waals surface area contributed by atoms with Crippen LogP contribution in [0.2, 0.25) is 0 Å². The molecular weight excluding hydrogens is 303 g/mol. The standard InChI is InChI=1S/C14H16F3NO2S/c15-14(16,17)12-4-2-1-3-11(12)8-21(20)9-13(19)18-7-10-5-6-10/h1-4,10H,5-9H2,(H,18,19)/t21-/m1/s1. The summed E-state index contributed by atoms with van der Waals surface area (Å²) < 4.78 is 50.2. The van der Waals surface area contributed by atoms with Crippen LogP contribution in [-0.2, 0) is 27.5 Å². The molecule has 7 heteroatoms. The van der Waals surface area contributed by atoms with Crippen LogP contribution < -0.4 is 5.32 Å². The highest BCUT2D eigenvalue weighted by Gasteiger charge is 2.33. The van der Waals surface area contributed by atoms with Gasteiger partial charge in [0, 0.05) is 23.1 Å². The maximum Gasteiger partial charge on any atom is 0.416 e. The van der Waals surface area contributed by atoms with Crippen molar-refractivity contribution in [3.05, 3.63) is 35.4 Å². The Morgan fingerprint density at radius 2 is 1.95 bits per heavy atom. The van der Waals surface area contributed by atoms with Crippen molar-refractivity contribution < 1.29 is 22.2 Å². The number of carbonyl (C=O) groups is 1. The highest BCUT2D eigenvalue weighted by atomic mass is 32.2. The Morgan fingerprint density at radius 3 is 2.57 bits per heavy atom. The molecule has 0 aliphatic heterocycles. The van der Waals surface area contributed by atoms with Crippen LogP contribution in [0.1, 0.15) is 24.0 Å². The zero-order chi connectivity index (χ0) is 15.5. The number of nitrogens with one attached hydrogen (secondary N) is 1. The fourth-order valence-electron chi connectivity index (χ4n) is 1.92. The Labute approximate surface area is 123 Å². The number of carbonyl (C=O) groups excluding carboxylic acids is 1. The molecule has 1 amide bonds. The highest BCUT2D eigenvalue weighted by Crippen LogP contribution is 2.32. The SMILES string of the molecule is O=C(C[S@](=O)Cc1ccccc1C(F)(F)F)NCC1CC1. The largest absolute Gasteiger partial charge is 0.416 e. The van der Waals surface area contributed by atoms with E-state index in [9.17, 15) is 22.2 Å². The molecule has 2 rings (SSSR count). The van der Waals surface area contributed by atoms with Crippen molar-refractivity contribution in [2.45, 2.75) is 24.8 Å². The predicted octanol–water partition coefficient (Wildman–Crippen LogP) is 2.48. The summed E-state index contributed by atoms with van der Waals surface area (Å²) in [6, 6.07) is 5.01. The summed E-state index contributed by atoms with van der Waals surface area (Å²) in [5, 5.41) is 2.65. The summed E-state index contributed by atoms with van der Waals surface area (Å²) in [6.07, 6.45) is -2.31. The Kier molecular flexibility index (Phi) is 5.03. The van der Waals surface area contributed by atoms with E-state index in [1.807, 2.05) is 0 Å². The van der Waals surface area contributed by atoms with Gasteiger partial charge in [0.15, 0.2) is 0 Å². The van der Waals surface area contributed by atoms with Gasteiger partial charge >= 0.3 is 6.18 Å². The molecule has 1 aliphatic carbocycles. The molecule has 1 aromatic carbocycles. The van der Waals surface area contributed by atoms with E-state index in [-0.39, 0.29) is 23.0 Å². The van der Waals surface area contributed by atoms with Crippen molar-refractivity contribution in [3.63, 3.8) is 0 Å². The lowest BCUT2D eigenvalue weighted by Gasteiger charge is -2.12. The first kappa shape index (κ1) is 16.0. The average molecular weight is 319 g/mol. The van der Waals surface area contributed by atoms with Crippen molar-refractivity contribution >= 4 is 16.7 Å². The lowest BCUT2D eigenvalue weighted by atomic mass is 10.1. The summed E-state index contributed by atoms with van der Waals surface area (Å²) >= 11 is 0. The Bertz CT molecular complexity index is 541. The number of hydrogen-bond acceptors (Lipinski definition) is 2. The zero-order valence-corrected chi connectivity index (χ0v) is 12.1. The second kappa shape index (κ2) is 6.60. The molecule has 1 saturated carbocycles. The smallest absolute Gasteiger partial charge is 0.355 e. The van der Waals surface area contributed by atoms with Crippen molar-refractivity contribution in [3.8, 4) is 0 Å². The van der Waals surface area contributed by atoms with Crippen molar-refractivity contribution in [1.82, 2.24) is 5.32 Å². The molecule has 1 N–H and O–H groups in total. The second-order valence-corrected chi connectivity index (χ2v) is 6.59. The van der Waals surface area contributed by atoms with Crippen molar-refractivity contribution in [2.75, 3.05) is 12.3 Å². The van der Waals surface area contributed by atoms with Gasteiger partial charge in [-0.2, -0.15) is 13.2 Å². The number of rotatable bonds is 6. The molecule has 3 nitrogen and oxygen atoms in total. The third kappa shape index (κ3) is 5.15. The van der Waals surface area contributed by atoms with Crippen LogP contribution in [0, 0.1) is 5.92 Å². The van der Waals surface area contributed by atoms with Gasteiger partial charge in [0.25, 0.3) is 0 Å². The lowest BCUT2D eigenvalue weighted by molar-refractivity contribution is -0.138. The first-order valence-electron chi connectivity index (χ1n) is 6.63. The molecule has 0 unspecified atom stereocenters. The van der Waals surface area contributed by atoms with Crippen LogP contribution in [0.15, 0.2) is 24.3 Å². The van der Waals surface area contributed by atoms with E-state index < -0.39 is 22.5 Å². The molecule has 0 aromatic heterocycles. The van der Waals surface area contributed by atoms with Gasteiger partial charge in [-0.1, -0.05) is 18.2 Å². The minimum absolute atomic E-state index is 0.0432. The van der Waals surface area contributed by atoms with Gasteiger partial charge in [-0.15, -0.1) is 0 Å². The lowest BCUT2D eigenvalue weighted by Crippen LogP contribution is -2.30. The van der Waals surface area contributed by atoms with Crippen LogP contribution in [0.5, 0.6) is 0 Å². The summed E-state index contributed by atoms with van der Waals surface area (Å²) in [6.45, 7) is 0.565. The van der Waals surface area contributed by atoms with Gasteiger partial charge in [-0.3, -0.25) is 9.00 Å². The highest BCUT2D eigenvalue weighted by molar-refractivity contribution is 7.84. The molecule has 0 spiro atoms. The third-order valence-corrected chi connectivity index (χ3v) is 4.43. The maximum atomic E-state index is 12.8. The maximum absolute atomic E-state index is 12.8. The third-order valence-electron chi connectivity index (χ3n) is 3.22. The zero-order valence-electron chi connectivity index (χ0n) is 11.3. The van der Waals surface area contributed by atoms with E-state index in [0.717, 1.165) is 18.9 Å². The van der Waals surface area contributed by atoms with E-state index >= 15 is 0 Å². The quantitative estimate of drug-likeness (QED) is 0.875. The number of hydrogen-bond donors (Lipinski definition) is 1. The first-order chi connectivity index (χ1) is 9.86. The molecule has 1 fully saturated rings.